The predicted octanol–water partition coefficient (Wildman–Crippen LogP) is 15.1. The molecule has 0 amide bonds. The molecule has 0 radical (unpaired) electrons. The highest BCUT2D eigenvalue weighted by atomic mass is 14.2. The van der Waals surface area contributed by atoms with Gasteiger partial charge in [-0.05, 0) is 111 Å². The van der Waals surface area contributed by atoms with Gasteiger partial charge in [-0.3, -0.25) is 0 Å². The average molecular weight is 685 g/mol. The molecule has 0 aliphatic rings. The van der Waals surface area contributed by atoms with Crippen LogP contribution >= 0.6 is 0 Å². The van der Waals surface area contributed by atoms with Crippen molar-refractivity contribution in [3.05, 3.63) is 218 Å². The molecule has 10 aromatic carbocycles. The molecule has 0 heteroatoms. The van der Waals surface area contributed by atoms with E-state index in [1.54, 1.807) is 0 Å². The molecule has 252 valence electrons. The van der Waals surface area contributed by atoms with E-state index >= 15 is 0 Å². The summed E-state index contributed by atoms with van der Waals surface area (Å²) < 4.78 is 0. The van der Waals surface area contributed by atoms with E-state index in [4.69, 9.17) is 0 Å². The molecule has 0 spiro atoms. The zero-order valence-corrected chi connectivity index (χ0v) is 29.8. The second kappa shape index (κ2) is 13.5. The van der Waals surface area contributed by atoms with E-state index in [2.05, 4.69) is 218 Å². The molecule has 0 heterocycles. The first-order chi connectivity index (χ1) is 26.8. The van der Waals surface area contributed by atoms with Crippen LogP contribution < -0.4 is 0 Å². The van der Waals surface area contributed by atoms with Gasteiger partial charge in [-0.15, -0.1) is 0 Å². The largest absolute Gasteiger partial charge is 0.0622 e. The molecule has 10 rings (SSSR count). The summed E-state index contributed by atoms with van der Waals surface area (Å²) in [5, 5.41) is 7.54. The Hall–Kier alpha value is -7.02. The van der Waals surface area contributed by atoms with Crippen molar-refractivity contribution in [1.82, 2.24) is 0 Å². The summed E-state index contributed by atoms with van der Waals surface area (Å²) in [6, 6.07) is 79.8. The standard InChI is InChI=1S/C54H36/c1-3-13-37(14-4-1)39-27-30-42(31-28-39)47-34-33-46(41-25-23-40(24-26-41)45-32-29-38-15-7-8-18-44(38)35-45)36-52(47)54-50-21-11-9-19-48(50)53(43-16-5-2-6-17-43)49-20-10-12-22-51(49)54/h1-36H. The first-order valence-corrected chi connectivity index (χ1v) is 18.7. The van der Waals surface area contributed by atoms with Crippen molar-refractivity contribution in [3.63, 3.8) is 0 Å². The molecule has 0 N–H and O–H groups in total. The molecule has 54 heavy (non-hydrogen) atoms. The minimum atomic E-state index is 1.19. The summed E-state index contributed by atoms with van der Waals surface area (Å²) in [5.74, 6) is 0. The molecular formula is C54H36. The van der Waals surface area contributed by atoms with Crippen molar-refractivity contribution < 1.29 is 0 Å². The third-order valence-electron chi connectivity index (χ3n) is 10.9. The van der Waals surface area contributed by atoms with Gasteiger partial charge in [-0.25, -0.2) is 0 Å². The smallest absolute Gasteiger partial charge is 0.00199 e. The summed E-state index contributed by atoms with van der Waals surface area (Å²) in [4.78, 5) is 0. The fraction of sp³-hybridized carbons (Fsp3) is 0. The lowest BCUT2D eigenvalue weighted by atomic mass is 9.82. The molecule has 0 saturated carbocycles. The Labute approximate surface area is 316 Å². The molecule has 0 bridgehead atoms. The van der Waals surface area contributed by atoms with E-state index in [1.165, 1.54) is 99.1 Å². The van der Waals surface area contributed by atoms with Crippen LogP contribution in [-0.4, -0.2) is 0 Å². The van der Waals surface area contributed by atoms with Crippen LogP contribution in [0.3, 0.4) is 0 Å². The van der Waals surface area contributed by atoms with Gasteiger partial charge in [0.2, 0.25) is 0 Å². The number of benzene rings is 10. The maximum absolute atomic E-state index is 2.42. The Bertz CT molecular complexity index is 2880. The fourth-order valence-electron chi connectivity index (χ4n) is 8.21. The first kappa shape index (κ1) is 31.7. The Morgan fingerprint density at radius 2 is 0.574 bits per heavy atom. The SMILES string of the molecule is c1ccc(-c2ccc(-c3ccc(-c4ccc(-c5ccc6ccccc6c5)cc4)cc3-c3c4ccccc4c(-c4ccccc4)c4ccccc34)cc2)cc1. The lowest BCUT2D eigenvalue weighted by Gasteiger charge is -2.20. The fourth-order valence-corrected chi connectivity index (χ4v) is 8.21. The molecule has 10 aromatic rings. The topological polar surface area (TPSA) is 0 Å². The van der Waals surface area contributed by atoms with Gasteiger partial charge in [0.05, 0.1) is 0 Å². The van der Waals surface area contributed by atoms with Gasteiger partial charge in [0.15, 0.2) is 0 Å². The predicted molar refractivity (Wildman–Crippen MR) is 232 cm³/mol. The third-order valence-corrected chi connectivity index (χ3v) is 10.9. The summed E-state index contributed by atoms with van der Waals surface area (Å²) >= 11 is 0. The van der Waals surface area contributed by atoms with E-state index < -0.39 is 0 Å². The molecule has 0 aromatic heterocycles. The second-order valence-corrected chi connectivity index (χ2v) is 14.1. The number of fused-ring (bicyclic) bond motifs is 3. The van der Waals surface area contributed by atoms with Crippen LogP contribution in [0.15, 0.2) is 218 Å². The van der Waals surface area contributed by atoms with E-state index in [1.807, 2.05) is 0 Å². The van der Waals surface area contributed by atoms with E-state index in [-0.39, 0.29) is 0 Å². The van der Waals surface area contributed by atoms with Crippen molar-refractivity contribution >= 4 is 32.3 Å². The highest BCUT2D eigenvalue weighted by Crippen LogP contribution is 2.47. The molecule has 0 unspecified atom stereocenters. The molecule has 0 aliphatic heterocycles. The molecule has 0 aliphatic carbocycles. The van der Waals surface area contributed by atoms with E-state index in [0.29, 0.717) is 0 Å². The first-order valence-electron chi connectivity index (χ1n) is 18.7. The third kappa shape index (κ3) is 5.66. The molecule has 0 nitrogen and oxygen atoms in total. The number of hydrogen-bond donors (Lipinski definition) is 0. The summed E-state index contributed by atoms with van der Waals surface area (Å²) in [6.45, 7) is 0. The second-order valence-electron chi connectivity index (χ2n) is 14.1. The average Bonchev–Trinajstić information content (AvgIpc) is 3.26. The minimum absolute atomic E-state index is 1.19. The normalized spacial score (nSPS) is 11.3. The van der Waals surface area contributed by atoms with Crippen LogP contribution in [-0.2, 0) is 0 Å². The Kier molecular flexibility index (Phi) is 7.93. The van der Waals surface area contributed by atoms with Crippen molar-refractivity contribution in [2.75, 3.05) is 0 Å². The zero-order chi connectivity index (χ0) is 35.8. The Morgan fingerprint density at radius 3 is 1.17 bits per heavy atom. The van der Waals surface area contributed by atoms with Crippen LogP contribution in [0.5, 0.6) is 0 Å². The highest BCUT2D eigenvalue weighted by molar-refractivity contribution is 6.22. The minimum Gasteiger partial charge on any atom is -0.0622 e. The maximum atomic E-state index is 2.42. The van der Waals surface area contributed by atoms with Crippen molar-refractivity contribution in [3.8, 4) is 66.8 Å². The van der Waals surface area contributed by atoms with E-state index in [0.717, 1.165) is 0 Å². The zero-order valence-electron chi connectivity index (χ0n) is 29.8. The molecule has 0 fully saturated rings. The van der Waals surface area contributed by atoms with Gasteiger partial charge >= 0.3 is 0 Å². The highest BCUT2D eigenvalue weighted by Gasteiger charge is 2.20. The molecule has 0 atom stereocenters. The van der Waals surface area contributed by atoms with Gasteiger partial charge in [0.25, 0.3) is 0 Å². The van der Waals surface area contributed by atoms with E-state index in [9.17, 15) is 0 Å². The van der Waals surface area contributed by atoms with Gasteiger partial charge in [0.1, 0.15) is 0 Å². The Morgan fingerprint density at radius 1 is 0.185 bits per heavy atom. The van der Waals surface area contributed by atoms with Crippen molar-refractivity contribution in [1.29, 1.82) is 0 Å². The summed E-state index contributed by atoms with van der Waals surface area (Å²) in [5.41, 5.74) is 14.7. The molecular weight excluding hydrogens is 649 g/mol. The van der Waals surface area contributed by atoms with Crippen LogP contribution in [0.4, 0.5) is 0 Å². The van der Waals surface area contributed by atoms with Gasteiger partial charge in [-0.2, -0.15) is 0 Å². The number of hydrogen-bond acceptors (Lipinski definition) is 0. The quantitative estimate of drug-likeness (QED) is 0.153. The lowest BCUT2D eigenvalue weighted by Crippen LogP contribution is -1.93. The van der Waals surface area contributed by atoms with Crippen molar-refractivity contribution in [2.45, 2.75) is 0 Å². The molecule has 0 saturated heterocycles. The number of rotatable bonds is 6. The summed E-state index contributed by atoms with van der Waals surface area (Å²) in [7, 11) is 0. The lowest BCUT2D eigenvalue weighted by molar-refractivity contribution is 1.57. The van der Waals surface area contributed by atoms with Gasteiger partial charge in [0, 0.05) is 0 Å². The van der Waals surface area contributed by atoms with Crippen molar-refractivity contribution in [2.24, 2.45) is 0 Å². The monoisotopic (exact) mass is 684 g/mol. The maximum Gasteiger partial charge on any atom is -0.00199 e. The van der Waals surface area contributed by atoms with Crippen LogP contribution in [0.2, 0.25) is 0 Å². The van der Waals surface area contributed by atoms with Crippen LogP contribution in [0, 0.1) is 0 Å². The van der Waals surface area contributed by atoms with Gasteiger partial charge in [-0.1, -0.05) is 206 Å². The van der Waals surface area contributed by atoms with Crippen LogP contribution in [0.25, 0.3) is 99.1 Å². The van der Waals surface area contributed by atoms with Crippen LogP contribution in [0.1, 0.15) is 0 Å². The summed E-state index contributed by atoms with van der Waals surface area (Å²) in [6.07, 6.45) is 0. The Balaban J connectivity index is 1.18. The van der Waals surface area contributed by atoms with Gasteiger partial charge < -0.3 is 0 Å².